The summed E-state index contributed by atoms with van der Waals surface area (Å²) in [6, 6.07) is 64.0. The van der Waals surface area contributed by atoms with E-state index in [0.29, 0.717) is 0 Å². The van der Waals surface area contributed by atoms with Gasteiger partial charge >= 0.3 is 0 Å². The molecule has 0 saturated heterocycles. The molecule has 0 spiro atoms. The lowest BCUT2D eigenvalue weighted by molar-refractivity contribution is 1.30. The average Bonchev–Trinajstić information content (AvgIpc) is 3.50. The van der Waals surface area contributed by atoms with Gasteiger partial charge in [0.15, 0.2) is 0 Å². The largest absolute Gasteiger partial charge is 0.310 e. The smallest absolute Gasteiger partial charge is 0.0540 e. The minimum absolute atomic E-state index is 1.12. The number of anilines is 3. The van der Waals surface area contributed by atoms with Gasteiger partial charge in [-0.2, -0.15) is 0 Å². The number of fused-ring (bicyclic) bond motifs is 5. The molecule has 0 aliphatic rings. The molecule has 0 aliphatic carbocycles. The standard InChI is InChI=1S/C44H29NS/c1-3-16-37-30(10-1)12-8-19-38(37)32-22-25-35(26-23-32)45(42-20-9-13-31-11-2-4-17-39(31)42)36-15-7-14-33(28-36)34-24-27-44-41(29-34)40-18-5-6-21-43(40)46-44/h1-29H. The van der Waals surface area contributed by atoms with Crippen LogP contribution in [-0.2, 0) is 0 Å². The van der Waals surface area contributed by atoms with Crippen LogP contribution in [0, 0.1) is 0 Å². The van der Waals surface area contributed by atoms with Crippen LogP contribution in [-0.4, -0.2) is 0 Å². The second kappa shape index (κ2) is 11.0. The quantitative estimate of drug-likeness (QED) is 0.189. The van der Waals surface area contributed by atoms with Gasteiger partial charge in [-0.25, -0.2) is 0 Å². The predicted octanol–water partition coefficient (Wildman–Crippen LogP) is 13.2. The van der Waals surface area contributed by atoms with Crippen molar-refractivity contribution in [3.63, 3.8) is 0 Å². The summed E-state index contributed by atoms with van der Waals surface area (Å²) < 4.78 is 2.65. The second-order valence-corrected chi connectivity index (χ2v) is 12.9. The van der Waals surface area contributed by atoms with E-state index >= 15 is 0 Å². The van der Waals surface area contributed by atoms with E-state index in [-0.39, 0.29) is 0 Å². The summed E-state index contributed by atoms with van der Waals surface area (Å²) in [4.78, 5) is 2.40. The summed E-state index contributed by atoms with van der Waals surface area (Å²) in [5.74, 6) is 0. The highest BCUT2D eigenvalue weighted by molar-refractivity contribution is 7.25. The van der Waals surface area contributed by atoms with Crippen molar-refractivity contribution in [1.82, 2.24) is 0 Å². The molecule has 1 nitrogen and oxygen atoms in total. The van der Waals surface area contributed by atoms with Crippen LogP contribution in [0.4, 0.5) is 17.1 Å². The number of benzene rings is 8. The van der Waals surface area contributed by atoms with E-state index in [4.69, 9.17) is 0 Å². The maximum atomic E-state index is 2.40. The Labute approximate surface area is 272 Å². The molecule has 46 heavy (non-hydrogen) atoms. The molecule has 0 fully saturated rings. The highest BCUT2D eigenvalue weighted by atomic mass is 32.1. The maximum absolute atomic E-state index is 2.40. The topological polar surface area (TPSA) is 3.24 Å². The highest BCUT2D eigenvalue weighted by Gasteiger charge is 2.17. The van der Waals surface area contributed by atoms with Crippen molar-refractivity contribution in [3.8, 4) is 22.3 Å². The summed E-state index contributed by atoms with van der Waals surface area (Å²) in [6.07, 6.45) is 0. The van der Waals surface area contributed by atoms with Crippen molar-refractivity contribution in [3.05, 3.63) is 176 Å². The van der Waals surface area contributed by atoms with Crippen molar-refractivity contribution >= 4 is 70.1 Å². The number of nitrogens with zero attached hydrogens (tertiary/aromatic N) is 1. The Morgan fingerprint density at radius 2 is 0.957 bits per heavy atom. The lowest BCUT2D eigenvalue weighted by Gasteiger charge is -2.27. The van der Waals surface area contributed by atoms with E-state index in [2.05, 4.69) is 181 Å². The molecule has 9 rings (SSSR count). The van der Waals surface area contributed by atoms with E-state index in [1.807, 2.05) is 11.3 Å². The van der Waals surface area contributed by atoms with Gasteiger partial charge in [0.25, 0.3) is 0 Å². The first kappa shape index (κ1) is 26.7. The Kier molecular flexibility index (Phi) is 6.40. The Bertz CT molecular complexity index is 2530. The fraction of sp³-hybridized carbons (Fsp3) is 0. The van der Waals surface area contributed by atoms with Crippen LogP contribution in [0.3, 0.4) is 0 Å². The van der Waals surface area contributed by atoms with Crippen LogP contribution in [0.2, 0.25) is 0 Å². The molecular weight excluding hydrogens is 575 g/mol. The zero-order valence-electron chi connectivity index (χ0n) is 25.1. The molecule has 0 saturated carbocycles. The minimum atomic E-state index is 1.12. The molecule has 0 unspecified atom stereocenters. The van der Waals surface area contributed by atoms with Crippen molar-refractivity contribution < 1.29 is 0 Å². The molecule has 216 valence electrons. The molecule has 8 aromatic carbocycles. The van der Waals surface area contributed by atoms with Crippen molar-refractivity contribution in [1.29, 1.82) is 0 Å². The van der Waals surface area contributed by atoms with Gasteiger partial charge in [-0.1, -0.05) is 127 Å². The van der Waals surface area contributed by atoms with Gasteiger partial charge in [0.2, 0.25) is 0 Å². The molecular formula is C44H29NS. The van der Waals surface area contributed by atoms with Crippen LogP contribution >= 0.6 is 11.3 Å². The van der Waals surface area contributed by atoms with Gasteiger partial charge in [0.1, 0.15) is 0 Å². The summed E-state index contributed by atoms with van der Waals surface area (Å²) in [6.45, 7) is 0. The van der Waals surface area contributed by atoms with Crippen LogP contribution in [0.1, 0.15) is 0 Å². The van der Waals surface area contributed by atoms with Gasteiger partial charge in [-0.15, -0.1) is 11.3 Å². The number of hydrogen-bond acceptors (Lipinski definition) is 2. The maximum Gasteiger partial charge on any atom is 0.0540 e. The fourth-order valence-electron chi connectivity index (χ4n) is 6.83. The molecule has 0 atom stereocenters. The second-order valence-electron chi connectivity index (χ2n) is 11.8. The Morgan fingerprint density at radius 1 is 0.348 bits per heavy atom. The van der Waals surface area contributed by atoms with Crippen LogP contribution in [0.5, 0.6) is 0 Å². The summed E-state index contributed by atoms with van der Waals surface area (Å²) in [5.41, 5.74) is 8.30. The SMILES string of the molecule is c1cc(-c2ccc3sc4ccccc4c3c2)cc(N(c2ccc(-c3cccc4ccccc34)cc2)c2cccc3ccccc23)c1. The first-order chi connectivity index (χ1) is 22.8. The molecule has 0 amide bonds. The van der Waals surface area contributed by atoms with Crippen molar-refractivity contribution in [2.75, 3.05) is 4.90 Å². The van der Waals surface area contributed by atoms with Crippen molar-refractivity contribution in [2.24, 2.45) is 0 Å². The predicted molar refractivity (Wildman–Crippen MR) is 200 cm³/mol. The Hall–Kier alpha value is -5.70. The minimum Gasteiger partial charge on any atom is -0.310 e. The third kappa shape index (κ3) is 4.54. The third-order valence-corrected chi connectivity index (χ3v) is 10.2. The number of thiophene rings is 1. The summed E-state index contributed by atoms with van der Waals surface area (Å²) >= 11 is 1.86. The normalized spacial score (nSPS) is 11.5. The highest BCUT2D eigenvalue weighted by Crippen LogP contribution is 2.42. The summed E-state index contributed by atoms with van der Waals surface area (Å²) in [5, 5.41) is 7.62. The molecule has 0 bridgehead atoms. The molecule has 9 aromatic rings. The third-order valence-electron chi connectivity index (χ3n) is 9.05. The molecule has 0 radical (unpaired) electrons. The van der Waals surface area contributed by atoms with E-state index in [0.717, 1.165) is 17.1 Å². The molecule has 0 aliphatic heterocycles. The van der Waals surface area contributed by atoms with Crippen LogP contribution in [0.15, 0.2) is 176 Å². The lowest BCUT2D eigenvalue weighted by atomic mass is 9.97. The zero-order valence-corrected chi connectivity index (χ0v) is 25.9. The molecule has 1 aromatic heterocycles. The first-order valence-electron chi connectivity index (χ1n) is 15.7. The molecule has 2 heteroatoms. The van der Waals surface area contributed by atoms with E-state index in [1.165, 1.54) is 64.0 Å². The van der Waals surface area contributed by atoms with Crippen LogP contribution in [0.25, 0.3) is 64.0 Å². The van der Waals surface area contributed by atoms with Gasteiger partial charge in [-0.05, 0) is 86.9 Å². The van der Waals surface area contributed by atoms with Crippen LogP contribution < -0.4 is 4.90 Å². The summed E-state index contributed by atoms with van der Waals surface area (Å²) in [7, 11) is 0. The molecule has 1 heterocycles. The lowest BCUT2D eigenvalue weighted by Crippen LogP contribution is -2.10. The average molecular weight is 604 g/mol. The van der Waals surface area contributed by atoms with Gasteiger partial charge in [-0.3, -0.25) is 0 Å². The monoisotopic (exact) mass is 603 g/mol. The van der Waals surface area contributed by atoms with E-state index < -0.39 is 0 Å². The number of hydrogen-bond donors (Lipinski definition) is 0. The van der Waals surface area contributed by atoms with Gasteiger partial charge in [0.05, 0.1) is 5.69 Å². The first-order valence-corrected chi connectivity index (χ1v) is 16.5. The van der Waals surface area contributed by atoms with Crippen molar-refractivity contribution in [2.45, 2.75) is 0 Å². The Balaban J connectivity index is 1.19. The zero-order chi connectivity index (χ0) is 30.5. The van der Waals surface area contributed by atoms with Gasteiger partial charge in [0, 0.05) is 36.9 Å². The number of rotatable bonds is 5. The van der Waals surface area contributed by atoms with Gasteiger partial charge < -0.3 is 4.90 Å². The van der Waals surface area contributed by atoms with E-state index in [9.17, 15) is 0 Å². The fourth-order valence-corrected chi connectivity index (χ4v) is 7.91. The molecule has 0 N–H and O–H groups in total. The Morgan fingerprint density at radius 3 is 1.80 bits per heavy atom. The van der Waals surface area contributed by atoms with E-state index in [1.54, 1.807) is 0 Å².